The van der Waals surface area contributed by atoms with E-state index in [-0.39, 0.29) is 69.0 Å². The van der Waals surface area contributed by atoms with Crippen molar-refractivity contribution in [1.29, 1.82) is 0 Å². The predicted molar refractivity (Wildman–Crippen MR) is 67.7 cm³/mol. The maximum atomic E-state index is 10.6. The molecule has 2 aromatic rings. The Kier molecular flexibility index (Phi) is 18.9. The number of aromatic carboxylic acids is 2. The Bertz CT molecular complexity index is 580. The Balaban J connectivity index is -0.000000143. The molecule has 8 nitrogen and oxygen atoms in total. The summed E-state index contributed by atoms with van der Waals surface area (Å²) in [6, 6.07) is 10.7. The molecule has 0 saturated heterocycles. The molecule has 1 radical (unpaired) electrons. The second-order valence-corrected chi connectivity index (χ2v) is 3.57. The molecule has 0 aliphatic carbocycles. The maximum absolute atomic E-state index is 10.6. The van der Waals surface area contributed by atoms with Crippen LogP contribution in [-0.2, 0) is 17.4 Å². The van der Waals surface area contributed by atoms with Crippen LogP contribution in [0.5, 0.6) is 11.5 Å². The van der Waals surface area contributed by atoms with Gasteiger partial charge in [-0.05, 0) is 11.1 Å². The van der Waals surface area contributed by atoms with Gasteiger partial charge in [0.1, 0.15) is 0 Å². The third-order valence-corrected chi connectivity index (χ3v) is 2.21. The fourth-order valence-corrected chi connectivity index (χ4v) is 1.27. The van der Waals surface area contributed by atoms with E-state index in [2.05, 4.69) is 0 Å². The third kappa shape index (κ3) is 9.54. The summed E-state index contributed by atoms with van der Waals surface area (Å²) < 4.78 is 0. The van der Waals surface area contributed by atoms with Crippen molar-refractivity contribution in [2.75, 3.05) is 0 Å². The molecule has 0 bridgehead atoms. The predicted octanol–water partition coefficient (Wildman–Crippen LogP) is -6.40. The number of rotatable bonds is 2. The Morgan fingerprint density at radius 1 is 0.667 bits per heavy atom. The summed E-state index contributed by atoms with van der Waals surface area (Å²) in [4.78, 5) is 20.2. The summed E-state index contributed by atoms with van der Waals surface area (Å²) in [6.45, 7) is 0. The van der Waals surface area contributed by atoms with Crippen molar-refractivity contribution < 1.29 is 87.9 Å². The van der Waals surface area contributed by atoms with Crippen LogP contribution in [0.2, 0.25) is 0 Å². The summed E-state index contributed by atoms with van der Waals surface area (Å²) in [6.07, 6.45) is 0. The standard InChI is InChI=1S/2C7H6O3.Cr.Na.2H2O/c2*8-6-4-2-1-3-5(6)7(9)10;;;;/h2*1-4,8H,(H,9,10);;;2*1H2/q;;+3;+1;;/p-4. The van der Waals surface area contributed by atoms with E-state index in [9.17, 15) is 30.0 Å². The van der Waals surface area contributed by atoms with Gasteiger partial charge in [0.15, 0.2) is 0 Å². The van der Waals surface area contributed by atoms with Gasteiger partial charge in [0.25, 0.3) is 0 Å². The minimum absolute atomic E-state index is 0. The van der Waals surface area contributed by atoms with Gasteiger partial charge in [-0.2, -0.15) is 0 Å². The SMILES string of the molecule is O.O.O=C([O-])c1ccccc1[O-].O=C([O-])c1ccccc1[O-].[Cr+3].[Na+]. The maximum Gasteiger partial charge on any atom is 3.00 e. The first-order valence-corrected chi connectivity index (χ1v) is 5.38. The Hall–Kier alpha value is -1.57. The molecule has 0 unspecified atom stereocenters. The number of para-hydroxylation sites is 2. The van der Waals surface area contributed by atoms with Gasteiger partial charge in [0.2, 0.25) is 0 Å². The fourth-order valence-electron chi connectivity index (χ4n) is 1.27. The quantitative estimate of drug-likeness (QED) is 0.463. The molecule has 0 heterocycles. The summed E-state index contributed by atoms with van der Waals surface area (Å²) in [5.74, 6) is -3.87. The average Bonchev–Trinajstić information content (AvgIpc) is 2.40. The van der Waals surface area contributed by atoms with Gasteiger partial charge in [-0.25, -0.2) is 0 Å². The molecular weight excluding hydrogens is 371 g/mol. The normalized spacial score (nSPS) is 7.67. The second kappa shape index (κ2) is 15.0. The van der Waals surface area contributed by atoms with Gasteiger partial charge >= 0.3 is 46.9 Å². The van der Waals surface area contributed by atoms with Crippen LogP contribution in [-0.4, -0.2) is 22.9 Å². The van der Waals surface area contributed by atoms with Crippen LogP contribution < -0.4 is 50.0 Å². The molecule has 0 aromatic heterocycles. The largest absolute Gasteiger partial charge is 3.00 e. The van der Waals surface area contributed by atoms with Gasteiger partial charge in [0.05, 0.1) is 11.9 Å². The Morgan fingerprint density at radius 2 is 0.917 bits per heavy atom. The van der Waals surface area contributed by atoms with Gasteiger partial charge < -0.3 is 41.0 Å². The Morgan fingerprint density at radius 3 is 1.08 bits per heavy atom. The Labute approximate surface area is 170 Å². The number of carbonyl (C=O) groups excluding carboxylic acids is 2. The molecule has 2 rings (SSSR count). The summed E-state index contributed by atoms with van der Waals surface area (Å²) >= 11 is 0. The van der Waals surface area contributed by atoms with Gasteiger partial charge in [-0.1, -0.05) is 60.0 Å². The number of carboxylic acid groups (broad SMARTS) is 2. The monoisotopic (exact) mass is 383 g/mol. The molecule has 123 valence electrons. The molecule has 24 heavy (non-hydrogen) atoms. The molecule has 0 aliphatic heterocycles. The summed E-state index contributed by atoms with van der Waals surface area (Å²) in [5.41, 5.74) is -0.579. The van der Waals surface area contributed by atoms with Crippen molar-refractivity contribution in [2.24, 2.45) is 0 Å². The van der Waals surface area contributed by atoms with Crippen molar-refractivity contribution in [1.82, 2.24) is 0 Å². The second-order valence-electron chi connectivity index (χ2n) is 3.57. The number of benzene rings is 2. The number of hydrogen-bond donors (Lipinski definition) is 0. The topological polar surface area (TPSA) is 189 Å². The summed E-state index contributed by atoms with van der Waals surface area (Å²) in [5, 5.41) is 41.5. The van der Waals surface area contributed by atoms with Crippen molar-refractivity contribution in [3.63, 3.8) is 0 Å². The third-order valence-electron chi connectivity index (χ3n) is 2.21. The van der Waals surface area contributed by atoms with Crippen molar-refractivity contribution >= 4 is 11.9 Å². The molecule has 0 aliphatic rings. The van der Waals surface area contributed by atoms with Crippen LogP contribution in [0, 0.1) is 0 Å². The van der Waals surface area contributed by atoms with Crippen LogP contribution in [0.4, 0.5) is 0 Å². The first-order chi connectivity index (χ1) is 9.43. The molecule has 0 spiro atoms. The number of carbonyl (C=O) groups is 2. The van der Waals surface area contributed by atoms with E-state index >= 15 is 0 Å². The first kappa shape index (κ1) is 30.3. The van der Waals surface area contributed by atoms with Crippen LogP contribution >= 0.6 is 0 Å². The zero-order valence-electron chi connectivity index (χ0n) is 12.5. The van der Waals surface area contributed by atoms with E-state index in [0.29, 0.717) is 0 Å². The van der Waals surface area contributed by atoms with E-state index in [1.54, 1.807) is 0 Å². The van der Waals surface area contributed by atoms with E-state index < -0.39 is 23.4 Å². The van der Waals surface area contributed by atoms with Crippen LogP contribution in [0.25, 0.3) is 0 Å². The number of carboxylic acids is 2. The summed E-state index contributed by atoms with van der Waals surface area (Å²) in [7, 11) is 0. The van der Waals surface area contributed by atoms with E-state index in [4.69, 9.17) is 0 Å². The molecule has 4 N–H and O–H groups in total. The molecule has 2 aromatic carbocycles. The van der Waals surface area contributed by atoms with Crippen LogP contribution in [0.1, 0.15) is 20.7 Å². The molecular formula is C14H12CrNaO8. The van der Waals surface area contributed by atoms with Gasteiger partial charge in [0, 0.05) is 0 Å². The van der Waals surface area contributed by atoms with Crippen molar-refractivity contribution in [3.8, 4) is 11.5 Å². The minimum atomic E-state index is -1.43. The fraction of sp³-hybridized carbons (Fsp3) is 0. The van der Waals surface area contributed by atoms with E-state index in [1.807, 2.05) is 0 Å². The molecule has 10 heteroatoms. The molecule has 0 amide bonds. The van der Waals surface area contributed by atoms with Gasteiger partial charge in [-0.3, -0.25) is 0 Å². The van der Waals surface area contributed by atoms with E-state index in [0.717, 1.165) is 0 Å². The first-order valence-electron chi connectivity index (χ1n) is 5.38. The zero-order valence-corrected chi connectivity index (χ0v) is 15.8. The minimum Gasteiger partial charge on any atom is -0.872 e. The van der Waals surface area contributed by atoms with Crippen molar-refractivity contribution in [3.05, 3.63) is 59.7 Å². The number of hydrogen-bond acceptors (Lipinski definition) is 6. The zero-order chi connectivity index (χ0) is 15.1. The average molecular weight is 383 g/mol. The molecule has 0 saturated carbocycles. The smallest absolute Gasteiger partial charge is 0.872 e. The molecule has 0 atom stereocenters. The molecule has 0 fully saturated rings. The van der Waals surface area contributed by atoms with E-state index in [1.165, 1.54) is 48.5 Å². The van der Waals surface area contributed by atoms with Crippen molar-refractivity contribution in [2.45, 2.75) is 0 Å². The van der Waals surface area contributed by atoms with Crippen LogP contribution in [0.15, 0.2) is 48.5 Å². The van der Waals surface area contributed by atoms with Gasteiger partial charge in [-0.15, -0.1) is 0 Å². The van der Waals surface area contributed by atoms with Crippen LogP contribution in [0.3, 0.4) is 0 Å².